The van der Waals surface area contributed by atoms with E-state index in [1.165, 1.54) is 33.6 Å². The minimum atomic E-state index is -0.105. The smallest absolute Gasteiger partial charge is 0.285 e. The van der Waals surface area contributed by atoms with E-state index in [1.54, 1.807) is 0 Å². The van der Waals surface area contributed by atoms with Gasteiger partial charge in [-0.05, 0) is 42.2 Å². The molecule has 0 fully saturated rings. The van der Waals surface area contributed by atoms with E-state index in [-0.39, 0.29) is 27.9 Å². The number of hydrogen-bond donors (Lipinski definition) is 0. The third-order valence-corrected chi connectivity index (χ3v) is 8.68. The van der Waals surface area contributed by atoms with Crippen molar-refractivity contribution in [1.29, 1.82) is 0 Å². The third-order valence-electron chi connectivity index (χ3n) is 8.68. The molecule has 4 heterocycles. The van der Waals surface area contributed by atoms with E-state index >= 15 is 0 Å². The number of benzene rings is 5. The van der Waals surface area contributed by atoms with Gasteiger partial charge in [0.25, 0.3) is 6.85 Å². The third kappa shape index (κ3) is 4.02. The quantitative estimate of drug-likeness (QED) is 0.153. The average Bonchev–Trinajstić information content (AvgIpc) is 3.74. The van der Waals surface area contributed by atoms with Gasteiger partial charge in [0.15, 0.2) is 0 Å². The Morgan fingerprint density at radius 1 is 0.659 bits per heavy atom. The molecule has 0 N–H and O–H groups in total. The average molecular weight is 746 g/mol. The first-order valence-corrected chi connectivity index (χ1v) is 14.5. The fourth-order valence-corrected chi connectivity index (χ4v) is 6.70. The minimum absolute atomic E-state index is 0. The summed E-state index contributed by atoms with van der Waals surface area (Å²) in [5.41, 5.74) is 12.6. The molecule has 0 spiro atoms. The van der Waals surface area contributed by atoms with Crippen LogP contribution >= 0.6 is 0 Å². The largest absolute Gasteiger partial charge is 0.500 e. The van der Waals surface area contributed by atoms with Gasteiger partial charge in [0, 0.05) is 57.6 Å². The molecule has 1 aromatic heterocycles. The van der Waals surface area contributed by atoms with Crippen LogP contribution in [0.3, 0.4) is 0 Å². The van der Waals surface area contributed by atoms with E-state index in [4.69, 9.17) is 0 Å². The van der Waals surface area contributed by atoms with Gasteiger partial charge in [0.2, 0.25) is 0 Å². The van der Waals surface area contributed by atoms with Crippen molar-refractivity contribution in [3.05, 3.63) is 147 Å². The Kier molecular flexibility index (Phi) is 6.35. The Balaban J connectivity index is 0.00000289. The number of rotatable bonds is 3. The summed E-state index contributed by atoms with van der Waals surface area (Å²) < 4.78 is 2.05. The number of imidazole rings is 1. The molecule has 7 heteroatoms. The van der Waals surface area contributed by atoms with Crippen LogP contribution < -0.4 is 25.5 Å². The Morgan fingerprint density at radius 2 is 1.30 bits per heavy atom. The summed E-state index contributed by atoms with van der Waals surface area (Å²) in [6, 6.07) is 44.4. The van der Waals surface area contributed by atoms with E-state index in [0.717, 1.165) is 33.7 Å². The van der Waals surface area contributed by atoms with Crippen LogP contribution in [-0.4, -0.2) is 16.4 Å². The van der Waals surface area contributed by atoms with Crippen LogP contribution in [0.1, 0.15) is 0 Å². The zero-order valence-electron chi connectivity index (χ0n) is 23.8. The first kappa shape index (κ1) is 26.8. The molecular weight excluding hydrogens is 720 g/mol. The Hall–Kier alpha value is -4.80. The SMILES string of the molecule is Cn1ccnc1-c1[c-]c2c(cc1)-c1ccccc1N1B2c2[c-]c(N3C=CN(c4ccccc4)[CH-]3)ccc2-c2ccccc21.[Pt]. The molecule has 9 rings (SSSR count). The van der Waals surface area contributed by atoms with Gasteiger partial charge in [-0.2, -0.15) is 17.6 Å². The van der Waals surface area contributed by atoms with Crippen molar-refractivity contribution < 1.29 is 21.1 Å². The number of hydrogen-bond acceptors (Lipinski definition) is 4. The number of aryl methyl sites for hydroxylation is 1. The van der Waals surface area contributed by atoms with E-state index in [1.807, 2.05) is 25.5 Å². The molecular formula is C37H25BN5Pt-3. The van der Waals surface area contributed by atoms with Crippen molar-refractivity contribution in [2.45, 2.75) is 0 Å². The maximum atomic E-state index is 4.65. The summed E-state index contributed by atoms with van der Waals surface area (Å²) in [7, 11) is 2.03. The maximum Gasteiger partial charge on any atom is 0.285 e. The number of para-hydroxylation sites is 3. The molecule has 0 amide bonds. The van der Waals surface area contributed by atoms with Crippen molar-refractivity contribution in [3.63, 3.8) is 0 Å². The Bertz CT molecular complexity index is 2070. The molecule has 214 valence electrons. The van der Waals surface area contributed by atoms with E-state index in [2.05, 4.69) is 152 Å². The fourth-order valence-electron chi connectivity index (χ4n) is 6.70. The molecule has 0 saturated heterocycles. The normalized spacial score (nSPS) is 13.9. The second kappa shape index (κ2) is 10.4. The van der Waals surface area contributed by atoms with Gasteiger partial charge in [0.05, 0.1) is 5.82 Å². The molecule has 3 aliphatic rings. The number of nitrogens with zero attached hydrogens (tertiary/aromatic N) is 5. The van der Waals surface area contributed by atoms with Gasteiger partial charge < -0.3 is 19.2 Å². The molecule has 0 unspecified atom stereocenters. The van der Waals surface area contributed by atoms with Crippen LogP contribution in [0.5, 0.6) is 0 Å². The van der Waals surface area contributed by atoms with Crippen molar-refractivity contribution in [1.82, 2.24) is 9.55 Å². The summed E-state index contributed by atoms with van der Waals surface area (Å²) in [6.45, 7) is 2.00. The summed E-state index contributed by atoms with van der Waals surface area (Å²) in [5.74, 6) is 0.903. The molecule has 0 aliphatic carbocycles. The van der Waals surface area contributed by atoms with Crippen LogP contribution in [0.25, 0.3) is 33.6 Å². The van der Waals surface area contributed by atoms with Crippen molar-refractivity contribution in [2.75, 3.05) is 14.6 Å². The molecule has 44 heavy (non-hydrogen) atoms. The molecule has 5 nitrogen and oxygen atoms in total. The van der Waals surface area contributed by atoms with Gasteiger partial charge in [-0.3, -0.25) is 4.98 Å². The summed E-state index contributed by atoms with van der Waals surface area (Å²) in [4.78, 5) is 11.4. The van der Waals surface area contributed by atoms with Crippen molar-refractivity contribution in [3.8, 4) is 33.6 Å². The monoisotopic (exact) mass is 745 g/mol. The zero-order chi connectivity index (χ0) is 28.5. The van der Waals surface area contributed by atoms with Crippen molar-refractivity contribution in [2.24, 2.45) is 7.05 Å². The first-order chi connectivity index (χ1) is 21.2. The van der Waals surface area contributed by atoms with Gasteiger partial charge in [-0.15, -0.1) is 58.8 Å². The van der Waals surface area contributed by atoms with Crippen LogP contribution in [0, 0.1) is 18.8 Å². The van der Waals surface area contributed by atoms with Crippen LogP contribution in [0.4, 0.5) is 22.7 Å². The van der Waals surface area contributed by atoms with E-state index < -0.39 is 0 Å². The van der Waals surface area contributed by atoms with E-state index in [0.29, 0.717) is 0 Å². The fraction of sp³-hybridized carbons (Fsp3) is 0.0270. The van der Waals surface area contributed by atoms with Crippen LogP contribution in [0.15, 0.2) is 128 Å². The summed E-state index contributed by atoms with van der Waals surface area (Å²) in [6.07, 6.45) is 8.00. The molecule has 0 radical (unpaired) electrons. The summed E-state index contributed by atoms with van der Waals surface area (Å²) >= 11 is 0. The van der Waals surface area contributed by atoms with Crippen LogP contribution in [0.2, 0.25) is 0 Å². The predicted octanol–water partition coefficient (Wildman–Crippen LogP) is 6.51. The predicted molar refractivity (Wildman–Crippen MR) is 176 cm³/mol. The van der Waals surface area contributed by atoms with E-state index in [9.17, 15) is 0 Å². The molecule has 5 aromatic carbocycles. The Morgan fingerprint density at radius 3 is 2.00 bits per heavy atom. The Labute approximate surface area is 272 Å². The van der Waals surface area contributed by atoms with Gasteiger partial charge >= 0.3 is 0 Å². The molecule has 6 aromatic rings. The summed E-state index contributed by atoms with van der Waals surface area (Å²) in [5, 5.41) is 0. The second-order valence-corrected chi connectivity index (χ2v) is 11.1. The van der Waals surface area contributed by atoms with Gasteiger partial charge in [0.1, 0.15) is 0 Å². The first-order valence-electron chi connectivity index (χ1n) is 14.5. The number of aromatic nitrogens is 2. The number of anilines is 4. The topological polar surface area (TPSA) is 27.5 Å². The second-order valence-electron chi connectivity index (χ2n) is 11.1. The van der Waals surface area contributed by atoms with Gasteiger partial charge in [-0.25, -0.2) is 0 Å². The standard InChI is InChI=1S/C37H25BN5.Pt/c1-40-20-19-39-37(40)26-15-17-29-31-11-5-7-13-35(31)43-36-14-8-6-12-32(36)30-18-16-28(24-34(30)38(43)33(29)23-26)42-22-21-41(25-42)27-9-3-2-4-10-27;/h2-22,25H,1H3;/q-3;. The van der Waals surface area contributed by atoms with Gasteiger partial charge in [-0.1, -0.05) is 60.2 Å². The molecule has 0 atom stereocenters. The van der Waals surface area contributed by atoms with Crippen LogP contribution in [-0.2, 0) is 28.1 Å². The number of fused-ring (bicyclic) bond motifs is 11. The zero-order valence-corrected chi connectivity index (χ0v) is 26.1. The minimum Gasteiger partial charge on any atom is -0.500 e. The molecule has 3 aliphatic heterocycles. The maximum absolute atomic E-state index is 4.65. The van der Waals surface area contributed by atoms with Crippen molar-refractivity contribution >= 4 is 40.5 Å². The molecule has 0 bridgehead atoms. The molecule has 0 saturated carbocycles.